The summed E-state index contributed by atoms with van der Waals surface area (Å²) >= 11 is 0. The van der Waals surface area contributed by atoms with Gasteiger partial charge in [0.25, 0.3) is 0 Å². The smallest absolute Gasteiger partial charge is 0.335 e. The van der Waals surface area contributed by atoms with Gasteiger partial charge in [-0.15, -0.1) is 0 Å². The van der Waals surface area contributed by atoms with Crippen LogP contribution in [0.5, 0.6) is 0 Å². The number of hydrogen-bond acceptors (Lipinski definition) is 5. The number of ether oxygens (including phenoxy) is 2. The van der Waals surface area contributed by atoms with Gasteiger partial charge in [-0.05, 0) is 6.42 Å². The van der Waals surface area contributed by atoms with Crippen LogP contribution in [0.25, 0.3) is 0 Å². The highest BCUT2D eigenvalue weighted by atomic mass is 16.7. The molecule has 0 aromatic carbocycles. The Morgan fingerprint density at radius 1 is 1.29 bits per heavy atom. The molecular weight excluding hydrogens is 186 g/mol. The van der Waals surface area contributed by atoms with Gasteiger partial charge in [0.2, 0.25) is 0 Å². The number of cyclic esters (lactones) is 2. The van der Waals surface area contributed by atoms with Crippen LogP contribution < -0.4 is 5.73 Å². The van der Waals surface area contributed by atoms with Crippen LogP contribution in [0.4, 0.5) is 0 Å². The van der Waals surface area contributed by atoms with Crippen LogP contribution in [-0.2, 0) is 19.1 Å². The van der Waals surface area contributed by atoms with Crippen molar-refractivity contribution in [3.8, 4) is 0 Å². The standard InChI is InChI=1S/C9H13NO4/c1-2-3-6-9(10)13-7(11)4-5-8(12)14-9/h4-5H,2-3,6,10H2,1H3. The molecule has 0 saturated heterocycles. The number of rotatable bonds is 3. The first-order chi connectivity index (χ1) is 6.56. The summed E-state index contributed by atoms with van der Waals surface area (Å²) in [6, 6.07) is 0. The molecule has 0 spiro atoms. The van der Waals surface area contributed by atoms with Crippen molar-refractivity contribution >= 4 is 11.9 Å². The van der Waals surface area contributed by atoms with E-state index in [4.69, 9.17) is 15.2 Å². The second-order valence-electron chi connectivity index (χ2n) is 3.09. The fourth-order valence-corrected chi connectivity index (χ4v) is 1.09. The molecule has 2 N–H and O–H groups in total. The van der Waals surface area contributed by atoms with E-state index in [1.54, 1.807) is 0 Å². The molecule has 1 rings (SSSR count). The molecule has 0 unspecified atom stereocenters. The lowest BCUT2D eigenvalue weighted by Crippen LogP contribution is -2.47. The maximum Gasteiger partial charge on any atom is 0.335 e. The number of carbonyl (C=O) groups is 2. The highest BCUT2D eigenvalue weighted by Crippen LogP contribution is 2.18. The molecule has 0 fully saturated rings. The average molecular weight is 199 g/mol. The Morgan fingerprint density at radius 2 is 1.79 bits per heavy atom. The van der Waals surface area contributed by atoms with Crippen LogP contribution >= 0.6 is 0 Å². The quantitative estimate of drug-likeness (QED) is 0.667. The summed E-state index contributed by atoms with van der Waals surface area (Å²) in [6.45, 7) is 1.96. The molecule has 5 heteroatoms. The summed E-state index contributed by atoms with van der Waals surface area (Å²) in [5.41, 5.74) is 5.60. The van der Waals surface area contributed by atoms with Gasteiger partial charge in [0, 0.05) is 18.6 Å². The van der Waals surface area contributed by atoms with E-state index in [9.17, 15) is 9.59 Å². The van der Waals surface area contributed by atoms with Gasteiger partial charge in [0.05, 0.1) is 0 Å². The largest absolute Gasteiger partial charge is 0.405 e. The van der Waals surface area contributed by atoms with Crippen LogP contribution in [0.3, 0.4) is 0 Å². The summed E-state index contributed by atoms with van der Waals surface area (Å²) < 4.78 is 9.56. The number of esters is 2. The first kappa shape index (κ1) is 10.7. The molecular formula is C9H13NO4. The van der Waals surface area contributed by atoms with Crippen molar-refractivity contribution in [2.24, 2.45) is 5.73 Å². The maximum atomic E-state index is 11.0. The minimum atomic E-state index is -1.60. The third-order valence-corrected chi connectivity index (χ3v) is 1.78. The van der Waals surface area contributed by atoms with E-state index in [2.05, 4.69) is 0 Å². The van der Waals surface area contributed by atoms with Crippen molar-refractivity contribution in [3.63, 3.8) is 0 Å². The Bertz CT molecular complexity index is 252. The topological polar surface area (TPSA) is 78.6 Å². The zero-order valence-corrected chi connectivity index (χ0v) is 7.99. The molecule has 0 aromatic rings. The molecule has 1 heterocycles. The Kier molecular flexibility index (Phi) is 3.24. The Labute approximate surface area is 81.9 Å². The van der Waals surface area contributed by atoms with E-state index >= 15 is 0 Å². The minimum absolute atomic E-state index is 0.308. The van der Waals surface area contributed by atoms with Crippen molar-refractivity contribution in [2.75, 3.05) is 0 Å². The lowest BCUT2D eigenvalue weighted by Gasteiger charge is -2.25. The number of carbonyl (C=O) groups excluding carboxylic acids is 2. The summed E-state index contributed by atoms with van der Waals surface area (Å²) in [4.78, 5) is 22.0. The van der Waals surface area contributed by atoms with Crippen molar-refractivity contribution < 1.29 is 19.1 Å². The third kappa shape index (κ3) is 2.85. The van der Waals surface area contributed by atoms with Gasteiger partial charge in [-0.1, -0.05) is 13.3 Å². The molecule has 78 valence electrons. The highest BCUT2D eigenvalue weighted by molar-refractivity contribution is 5.93. The van der Waals surface area contributed by atoms with Crippen molar-refractivity contribution in [2.45, 2.75) is 32.1 Å². The summed E-state index contributed by atoms with van der Waals surface area (Å²) in [5.74, 6) is -2.92. The Morgan fingerprint density at radius 3 is 2.21 bits per heavy atom. The average Bonchev–Trinajstić information content (AvgIpc) is 2.23. The lowest BCUT2D eigenvalue weighted by atomic mass is 10.2. The molecule has 0 saturated carbocycles. The molecule has 1 aliphatic heterocycles. The van der Waals surface area contributed by atoms with Crippen molar-refractivity contribution in [1.29, 1.82) is 0 Å². The van der Waals surface area contributed by atoms with E-state index in [0.717, 1.165) is 25.0 Å². The van der Waals surface area contributed by atoms with Crippen LogP contribution in [0.1, 0.15) is 26.2 Å². The minimum Gasteiger partial charge on any atom is -0.405 e. The van der Waals surface area contributed by atoms with Gasteiger partial charge in [-0.2, -0.15) is 0 Å². The SMILES string of the molecule is CCCCC1(N)OC(=O)C=CC(=O)O1. The summed E-state index contributed by atoms with van der Waals surface area (Å²) in [7, 11) is 0. The molecule has 0 radical (unpaired) electrons. The molecule has 5 nitrogen and oxygen atoms in total. The van der Waals surface area contributed by atoms with E-state index in [1.807, 2.05) is 6.92 Å². The first-order valence-corrected chi connectivity index (χ1v) is 4.48. The van der Waals surface area contributed by atoms with Crippen molar-refractivity contribution in [1.82, 2.24) is 0 Å². The maximum absolute atomic E-state index is 11.0. The number of hydrogen-bond donors (Lipinski definition) is 1. The molecule has 14 heavy (non-hydrogen) atoms. The van der Waals surface area contributed by atoms with Crippen LogP contribution in [0.15, 0.2) is 12.2 Å². The fourth-order valence-electron chi connectivity index (χ4n) is 1.09. The zero-order valence-electron chi connectivity index (χ0n) is 7.99. The Balaban J connectivity index is 2.68. The zero-order chi connectivity index (χ0) is 10.6. The fraction of sp³-hybridized carbons (Fsp3) is 0.556. The monoisotopic (exact) mass is 199 g/mol. The predicted octanol–water partition coefficient (Wildman–Crippen LogP) is 0.445. The van der Waals surface area contributed by atoms with Crippen LogP contribution in [0, 0.1) is 0 Å². The van der Waals surface area contributed by atoms with Crippen molar-refractivity contribution in [3.05, 3.63) is 12.2 Å². The third-order valence-electron chi connectivity index (χ3n) is 1.78. The normalized spacial score (nSPS) is 19.9. The van der Waals surface area contributed by atoms with E-state index in [-0.39, 0.29) is 0 Å². The molecule has 0 aliphatic carbocycles. The van der Waals surface area contributed by atoms with Crippen LogP contribution in [-0.4, -0.2) is 17.8 Å². The molecule has 0 atom stereocenters. The van der Waals surface area contributed by atoms with Gasteiger partial charge in [0.15, 0.2) is 0 Å². The number of nitrogens with two attached hydrogens (primary N) is 1. The first-order valence-electron chi connectivity index (χ1n) is 4.48. The van der Waals surface area contributed by atoms with Gasteiger partial charge < -0.3 is 9.47 Å². The molecule has 1 aliphatic rings. The number of unbranched alkanes of at least 4 members (excludes halogenated alkanes) is 1. The van der Waals surface area contributed by atoms with Crippen LogP contribution in [0.2, 0.25) is 0 Å². The van der Waals surface area contributed by atoms with Gasteiger partial charge >= 0.3 is 17.8 Å². The van der Waals surface area contributed by atoms with Gasteiger partial charge in [0.1, 0.15) is 0 Å². The molecule has 0 amide bonds. The molecule has 0 bridgehead atoms. The lowest BCUT2D eigenvalue weighted by molar-refractivity contribution is -0.220. The van der Waals surface area contributed by atoms with Gasteiger partial charge in [-0.25, -0.2) is 9.59 Å². The summed E-state index contributed by atoms with van der Waals surface area (Å²) in [6.07, 6.45) is 3.91. The van der Waals surface area contributed by atoms with E-state index < -0.39 is 17.8 Å². The highest BCUT2D eigenvalue weighted by Gasteiger charge is 2.34. The molecule has 0 aromatic heterocycles. The van der Waals surface area contributed by atoms with E-state index in [0.29, 0.717) is 6.42 Å². The Hall–Kier alpha value is -1.36. The second kappa shape index (κ2) is 4.23. The predicted molar refractivity (Wildman–Crippen MR) is 47.8 cm³/mol. The summed E-state index contributed by atoms with van der Waals surface area (Å²) in [5, 5.41) is 0. The second-order valence-corrected chi connectivity index (χ2v) is 3.09. The van der Waals surface area contributed by atoms with Gasteiger partial charge in [-0.3, -0.25) is 5.73 Å². The van der Waals surface area contributed by atoms with E-state index in [1.165, 1.54) is 0 Å².